The average Bonchev–Trinajstić information content (AvgIpc) is 2.18. The number of rotatable bonds is 3. The van der Waals surface area contributed by atoms with Gasteiger partial charge in [0.25, 0.3) is 0 Å². The van der Waals surface area contributed by atoms with Crippen LogP contribution in [0.2, 0.25) is 0 Å². The first-order valence-electron chi connectivity index (χ1n) is 4.30. The standard InChI is InChI=1S/C11H14O2/c1-9(8-12)11(13)7-10-5-3-2-4-6-10/h2-7,9,12-13H,8H2,1H3. The first kappa shape index (κ1) is 9.81. The summed E-state index contributed by atoms with van der Waals surface area (Å²) in [4.78, 5) is 0. The monoisotopic (exact) mass is 178 g/mol. The first-order valence-corrected chi connectivity index (χ1v) is 4.30. The van der Waals surface area contributed by atoms with Crippen LogP contribution in [0.25, 0.3) is 6.08 Å². The van der Waals surface area contributed by atoms with Crippen LogP contribution in [0.15, 0.2) is 36.1 Å². The molecule has 0 amide bonds. The van der Waals surface area contributed by atoms with E-state index in [1.165, 1.54) is 0 Å². The van der Waals surface area contributed by atoms with Crippen LogP contribution in [-0.4, -0.2) is 16.8 Å². The first-order chi connectivity index (χ1) is 6.24. The van der Waals surface area contributed by atoms with Crippen LogP contribution < -0.4 is 0 Å². The molecule has 1 atom stereocenters. The lowest BCUT2D eigenvalue weighted by molar-refractivity contribution is 0.217. The van der Waals surface area contributed by atoms with E-state index >= 15 is 0 Å². The van der Waals surface area contributed by atoms with Crippen molar-refractivity contribution in [3.8, 4) is 0 Å². The van der Waals surface area contributed by atoms with E-state index in [9.17, 15) is 5.11 Å². The average molecular weight is 178 g/mol. The molecule has 0 radical (unpaired) electrons. The van der Waals surface area contributed by atoms with Gasteiger partial charge in [-0.3, -0.25) is 0 Å². The van der Waals surface area contributed by atoms with Crippen LogP contribution in [0.4, 0.5) is 0 Å². The van der Waals surface area contributed by atoms with Crippen LogP contribution in [0.5, 0.6) is 0 Å². The van der Waals surface area contributed by atoms with Crippen molar-refractivity contribution in [2.45, 2.75) is 6.92 Å². The maximum absolute atomic E-state index is 9.47. The van der Waals surface area contributed by atoms with Gasteiger partial charge in [-0.1, -0.05) is 37.3 Å². The van der Waals surface area contributed by atoms with Gasteiger partial charge in [-0.25, -0.2) is 0 Å². The van der Waals surface area contributed by atoms with Crippen LogP contribution in [0.1, 0.15) is 12.5 Å². The van der Waals surface area contributed by atoms with Gasteiger partial charge < -0.3 is 10.2 Å². The zero-order chi connectivity index (χ0) is 9.68. The second-order valence-electron chi connectivity index (χ2n) is 3.06. The maximum atomic E-state index is 9.47. The van der Waals surface area contributed by atoms with Crippen LogP contribution in [0, 0.1) is 5.92 Å². The van der Waals surface area contributed by atoms with Gasteiger partial charge in [0.15, 0.2) is 0 Å². The van der Waals surface area contributed by atoms with E-state index in [1.807, 2.05) is 30.3 Å². The van der Waals surface area contributed by atoms with Gasteiger partial charge in [0.1, 0.15) is 0 Å². The van der Waals surface area contributed by atoms with E-state index in [2.05, 4.69) is 0 Å². The van der Waals surface area contributed by atoms with E-state index in [-0.39, 0.29) is 18.3 Å². The maximum Gasteiger partial charge on any atom is 0.0979 e. The summed E-state index contributed by atoms with van der Waals surface area (Å²) in [6.07, 6.45) is 1.67. The van der Waals surface area contributed by atoms with Crippen molar-refractivity contribution in [1.29, 1.82) is 0 Å². The predicted octanol–water partition coefficient (Wildman–Crippen LogP) is 2.21. The van der Waals surface area contributed by atoms with Crippen molar-refractivity contribution < 1.29 is 10.2 Å². The third kappa shape index (κ3) is 2.92. The van der Waals surface area contributed by atoms with Crippen molar-refractivity contribution in [2.24, 2.45) is 5.92 Å². The number of benzene rings is 1. The third-order valence-corrected chi connectivity index (χ3v) is 1.89. The van der Waals surface area contributed by atoms with E-state index in [1.54, 1.807) is 13.0 Å². The summed E-state index contributed by atoms with van der Waals surface area (Å²) in [7, 11) is 0. The molecule has 2 N–H and O–H groups in total. The molecule has 0 fully saturated rings. The third-order valence-electron chi connectivity index (χ3n) is 1.89. The highest BCUT2D eigenvalue weighted by atomic mass is 16.3. The normalized spacial score (nSPS) is 14.2. The molecule has 2 heteroatoms. The fourth-order valence-corrected chi connectivity index (χ4v) is 0.956. The number of hydrogen-bond acceptors (Lipinski definition) is 2. The molecule has 0 heterocycles. The van der Waals surface area contributed by atoms with Gasteiger partial charge in [0.05, 0.1) is 12.4 Å². The molecule has 0 aromatic heterocycles. The van der Waals surface area contributed by atoms with Gasteiger partial charge >= 0.3 is 0 Å². The lowest BCUT2D eigenvalue weighted by Gasteiger charge is -2.05. The summed E-state index contributed by atoms with van der Waals surface area (Å²) in [5.41, 5.74) is 0.945. The fourth-order valence-electron chi connectivity index (χ4n) is 0.956. The Kier molecular flexibility index (Phi) is 3.53. The zero-order valence-electron chi connectivity index (χ0n) is 7.64. The molecule has 13 heavy (non-hydrogen) atoms. The minimum Gasteiger partial charge on any atom is -0.512 e. The van der Waals surface area contributed by atoms with Crippen molar-refractivity contribution in [2.75, 3.05) is 6.61 Å². The fraction of sp³-hybridized carbons (Fsp3) is 0.273. The highest BCUT2D eigenvalue weighted by Gasteiger charge is 2.04. The summed E-state index contributed by atoms with van der Waals surface area (Å²) in [5.74, 6) is 0.0221. The van der Waals surface area contributed by atoms with Crippen LogP contribution in [0.3, 0.4) is 0 Å². The number of hydrogen-bond donors (Lipinski definition) is 2. The zero-order valence-corrected chi connectivity index (χ0v) is 7.64. The Labute approximate surface area is 78.2 Å². The summed E-state index contributed by atoms with van der Waals surface area (Å²) in [6.45, 7) is 1.74. The van der Waals surface area contributed by atoms with Gasteiger partial charge in [0.2, 0.25) is 0 Å². The molecule has 0 aliphatic heterocycles. The van der Waals surface area contributed by atoms with E-state index in [4.69, 9.17) is 5.11 Å². The second-order valence-corrected chi connectivity index (χ2v) is 3.06. The second kappa shape index (κ2) is 4.67. The van der Waals surface area contributed by atoms with Gasteiger partial charge in [-0.2, -0.15) is 0 Å². The minimum atomic E-state index is -0.194. The molecule has 0 saturated carbocycles. The number of aliphatic hydroxyl groups excluding tert-OH is 2. The van der Waals surface area contributed by atoms with Gasteiger partial charge in [-0.05, 0) is 11.6 Å². The van der Waals surface area contributed by atoms with Crippen molar-refractivity contribution in [3.05, 3.63) is 41.7 Å². The SMILES string of the molecule is CC(CO)C(O)=Cc1ccccc1. The molecule has 0 aliphatic rings. The highest BCUT2D eigenvalue weighted by molar-refractivity contribution is 5.50. The van der Waals surface area contributed by atoms with E-state index in [0.717, 1.165) is 5.56 Å². The molecule has 2 nitrogen and oxygen atoms in total. The molecule has 0 saturated heterocycles. The lowest BCUT2D eigenvalue weighted by Crippen LogP contribution is -2.03. The smallest absolute Gasteiger partial charge is 0.0979 e. The Morgan fingerprint density at radius 2 is 2.00 bits per heavy atom. The summed E-state index contributed by atoms with van der Waals surface area (Å²) >= 11 is 0. The Morgan fingerprint density at radius 3 is 2.54 bits per heavy atom. The highest BCUT2D eigenvalue weighted by Crippen LogP contribution is 2.11. The predicted molar refractivity (Wildman–Crippen MR) is 53.3 cm³/mol. The molecule has 1 aromatic rings. The Hall–Kier alpha value is -1.28. The summed E-state index contributed by atoms with van der Waals surface area (Å²) in [5, 5.41) is 18.3. The summed E-state index contributed by atoms with van der Waals surface area (Å²) in [6, 6.07) is 9.54. The summed E-state index contributed by atoms with van der Waals surface area (Å²) < 4.78 is 0. The topological polar surface area (TPSA) is 40.5 Å². The minimum absolute atomic E-state index is 0.0326. The molecule has 0 spiro atoms. The molecule has 70 valence electrons. The Bertz CT molecular complexity index is 277. The quantitative estimate of drug-likeness (QED) is 0.697. The molecular formula is C11H14O2. The molecule has 1 unspecified atom stereocenters. The van der Waals surface area contributed by atoms with Crippen LogP contribution >= 0.6 is 0 Å². The molecular weight excluding hydrogens is 164 g/mol. The van der Waals surface area contributed by atoms with E-state index in [0.29, 0.717) is 0 Å². The molecule has 1 aromatic carbocycles. The number of aliphatic hydroxyl groups is 2. The van der Waals surface area contributed by atoms with Gasteiger partial charge in [-0.15, -0.1) is 0 Å². The largest absolute Gasteiger partial charge is 0.512 e. The van der Waals surface area contributed by atoms with Gasteiger partial charge in [0, 0.05) is 5.92 Å². The Morgan fingerprint density at radius 1 is 1.38 bits per heavy atom. The molecule has 1 rings (SSSR count). The Balaban J connectivity index is 2.77. The van der Waals surface area contributed by atoms with Crippen LogP contribution in [-0.2, 0) is 0 Å². The molecule has 0 aliphatic carbocycles. The van der Waals surface area contributed by atoms with Crippen molar-refractivity contribution in [1.82, 2.24) is 0 Å². The van der Waals surface area contributed by atoms with Crippen molar-refractivity contribution in [3.63, 3.8) is 0 Å². The van der Waals surface area contributed by atoms with Crippen molar-refractivity contribution >= 4 is 6.08 Å². The lowest BCUT2D eigenvalue weighted by atomic mass is 10.1. The van der Waals surface area contributed by atoms with E-state index < -0.39 is 0 Å². The molecule has 0 bridgehead atoms.